The molecular weight excluding hydrogens is 412 g/mol. The van der Waals surface area contributed by atoms with E-state index in [-0.39, 0.29) is 24.5 Å². The van der Waals surface area contributed by atoms with Gasteiger partial charge in [-0.3, -0.25) is 9.69 Å². The molecule has 0 aromatic heterocycles. The second-order valence-electron chi connectivity index (χ2n) is 7.40. The lowest BCUT2D eigenvalue weighted by atomic mass is 10.1. The molecule has 162 valence electrons. The third-order valence-corrected chi connectivity index (χ3v) is 5.46. The third-order valence-electron chi connectivity index (χ3n) is 5.21. The smallest absolute Gasteiger partial charge is 0.237 e. The molecule has 1 aliphatic rings. The monoisotopic (exact) mass is 437 g/mol. The van der Waals surface area contributed by atoms with Crippen LogP contribution in [0.2, 0.25) is 5.02 Å². The number of rotatable bonds is 9. The summed E-state index contributed by atoms with van der Waals surface area (Å²) in [5.74, 6) is -1.23. The highest BCUT2D eigenvalue weighted by Crippen LogP contribution is 2.22. The van der Waals surface area contributed by atoms with Crippen LogP contribution in [0.25, 0.3) is 0 Å². The molecule has 3 rings (SSSR count). The Hall–Kier alpha value is -2.06. The van der Waals surface area contributed by atoms with Crippen molar-refractivity contribution in [3.8, 4) is 0 Å². The van der Waals surface area contributed by atoms with Crippen LogP contribution in [0.5, 0.6) is 0 Å². The van der Waals surface area contributed by atoms with E-state index in [0.29, 0.717) is 43.2 Å². The van der Waals surface area contributed by atoms with Gasteiger partial charge in [-0.15, -0.1) is 0 Å². The number of hydrogen-bond donors (Lipinski definition) is 2. The number of likely N-dealkylation sites (tertiary alicyclic amines) is 1. The largest absolute Gasteiger partial charge is 0.383 e. The molecule has 1 heterocycles. The first kappa shape index (κ1) is 22.6. The summed E-state index contributed by atoms with van der Waals surface area (Å²) >= 11 is 5.97. The van der Waals surface area contributed by atoms with Gasteiger partial charge in [0.15, 0.2) is 0 Å². The van der Waals surface area contributed by atoms with Crippen LogP contribution < -0.4 is 10.6 Å². The number of nitrogens with zero attached hydrogens (tertiary/aromatic N) is 1. The number of amides is 1. The SMILES string of the molecule is COCCNC(=O)[C@@H]1C[C@H](NCc2ccc(F)cc2F)CN1Cc1ccc(Cl)cc1. The predicted molar refractivity (Wildman–Crippen MR) is 112 cm³/mol. The van der Waals surface area contributed by atoms with Crippen molar-refractivity contribution >= 4 is 17.5 Å². The number of carbonyl (C=O) groups excluding carboxylic acids is 1. The highest BCUT2D eigenvalue weighted by molar-refractivity contribution is 6.30. The van der Waals surface area contributed by atoms with E-state index in [2.05, 4.69) is 15.5 Å². The summed E-state index contributed by atoms with van der Waals surface area (Å²) in [6, 6.07) is 10.8. The molecule has 0 aliphatic carbocycles. The molecule has 0 unspecified atom stereocenters. The topological polar surface area (TPSA) is 53.6 Å². The number of ether oxygens (including phenoxy) is 1. The summed E-state index contributed by atoms with van der Waals surface area (Å²) < 4.78 is 32.0. The van der Waals surface area contributed by atoms with Gasteiger partial charge >= 0.3 is 0 Å². The molecular formula is C22H26ClF2N3O2. The fraction of sp³-hybridized carbons (Fsp3) is 0.409. The van der Waals surface area contributed by atoms with E-state index in [9.17, 15) is 13.6 Å². The lowest BCUT2D eigenvalue weighted by Crippen LogP contribution is -2.43. The van der Waals surface area contributed by atoms with Crippen molar-refractivity contribution in [2.24, 2.45) is 0 Å². The van der Waals surface area contributed by atoms with Gasteiger partial charge in [-0.1, -0.05) is 29.8 Å². The molecule has 1 aliphatic heterocycles. The maximum Gasteiger partial charge on any atom is 0.237 e. The second-order valence-corrected chi connectivity index (χ2v) is 7.84. The minimum Gasteiger partial charge on any atom is -0.383 e. The van der Waals surface area contributed by atoms with E-state index in [1.165, 1.54) is 12.1 Å². The summed E-state index contributed by atoms with van der Waals surface area (Å²) in [7, 11) is 1.59. The number of methoxy groups -OCH3 is 1. The van der Waals surface area contributed by atoms with E-state index >= 15 is 0 Å². The first-order valence-electron chi connectivity index (χ1n) is 9.88. The van der Waals surface area contributed by atoms with E-state index < -0.39 is 11.6 Å². The predicted octanol–water partition coefficient (Wildman–Crippen LogP) is 3.11. The van der Waals surface area contributed by atoms with Gasteiger partial charge in [0.05, 0.1) is 12.6 Å². The zero-order valence-electron chi connectivity index (χ0n) is 16.8. The first-order chi connectivity index (χ1) is 14.5. The second kappa shape index (κ2) is 10.8. The first-order valence-corrected chi connectivity index (χ1v) is 10.3. The van der Waals surface area contributed by atoms with Gasteiger partial charge in [0, 0.05) is 56.0 Å². The standard InChI is InChI=1S/C22H26ClF2N3O2/c1-30-9-8-26-22(29)21-11-19(27-12-16-4-7-18(24)10-20(16)25)14-28(21)13-15-2-5-17(23)6-3-15/h2-7,10,19,21,27H,8-9,11-14H2,1H3,(H,26,29)/t19-,21-/m0/s1. The molecule has 2 aromatic rings. The zero-order chi connectivity index (χ0) is 21.5. The molecule has 0 bridgehead atoms. The van der Waals surface area contributed by atoms with Crippen molar-refractivity contribution in [3.63, 3.8) is 0 Å². The Bertz CT molecular complexity index is 851. The van der Waals surface area contributed by atoms with E-state index in [4.69, 9.17) is 16.3 Å². The minimum atomic E-state index is -0.598. The summed E-state index contributed by atoms with van der Waals surface area (Å²) in [6.07, 6.45) is 0.592. The normalized spacial score (nSPS) is 19.2. The molecule has 5 nitrogen and oxygen atoms in total. The quantitative estimate of drug-likeness (QED) is 0.592. The number of nitrogens with one attached hydrogen (secondary N) is 2. The van der Waals surface area contributed by atoms with Crippen LogP contribution >= 0.6 is 11.6 Å². The van der Waals surface area contributed by atoms with Crippen LogP contribution in [-0.2, 0) is 22.6 Å². The van der Waals surface area contributed by atoms with Crippen molar-refractivity contribution in [2.45, 2.75) is 31.6 Å². The van der Waals surface area contributed by atoms with Crippen LogP contribution in [-0.4, -0.2) is 49.7 Å². The summed E-state index contributed by atoms with van der Waals surface area (Å²) in [6.45, 7) is 2.39. The molecule has 30 heavy (non-hydrogen) atoms. The Labute approximate surface area is 180 Å². The Morgan fingerprint density at radius 2 is 2.00 bits per heavy atom. The summed E-state index contributed by atoms with van der Waals surface area (Å²) in [5.41, 5.74) is 1.45. The van der Waals surface area contributed by atoms with Crippen molar-refractivity contribution in [3.05, 3.63) is 70.2 Å². The van der Waals surface area contributed by atoms with Crippen LogP contribution in [0.3, 0.4) is 0 Å². The van der Waals surface area contributed by atoms with Gasteiger partial charge in [-0.2, -0.15) is 0 Å². The Kier molecular flexibility index (Phi) is 8.16. The lowest BCUT2D eigenvalue weighted by Gasteiger charge is -2.23. The molecule has 1 saturated heterocycles. The van der Waals surface area contributed by atoms with Crippen molar-refractivity contribution < 1.29 is 18.3 Å². The highest BCUT2D eigenvalue weighted by Gasteiger charge is 2.36. The maximum atomic E-state index is 13.9. The van der Waals surface area contributed by atoms with E-state index in [1.54, 1.807) is 7.11 Å². The molecule has 1 fully saturated rings. The number of hydrogen-bond acceptors (Lipinski definition) is 4. The average Bonchev–Trinajstić information content (AvgIpc) is 3.12. The minimum absolute atomic E-state index is 0.0000663. The maximum absolute atomic E-state index is 13.9. The number of benzene rings is 2. The third kappa shape index (κ3) is 6.22. The molecule has 1 amide bonds. The van der Waals surface area contributed by atoms with Crippen molar-refractivity contribution in [1.82, 2.24) is 15.5 Å². The molecule has 0 radical (unpaired) electrons. The fourth-order valence-corrected chi connectivity index (χ4v) is 3.76. The van der Waals surface area contributed by atoms with Gasteiger partial charge in [-0.25, -0.2) is 8.78 Å². The Morgan fingerprint density at radius 1 is 1.23 bits per heavy atom. The number of carbonyl (C=O) groups is 1. The van der Waals surface area contributed by atoms with E-state index in [0.717, 1.165) is 11.6 Å². The molecule has 2 N–H and O–H groups in total. The molecule has 8 heteroatoms. The molecule has 2 atom stereocenters. The van der Waals surface area contributed by atoms with Gasteiger partial charge < -0.3 is 15.4 Å². The molecule has 0 spiro atoms. The van der Waals surface area contributed by atoms with Crippen LogP contribution in [0, 0.1) is 11.6 Å². The number of halogens is 3. The van der Waals surface area contributed by atoms with Gasteiger partial charge in [0.2, 0.25) is 5.91 Å². The van der Waals surface area contributed by atoms with Crippen LogP contribution in [0.1, 0.15) is 17.5 Å². The summed E-state index contributed by atoms with van der Waals surface area (Å²) in [5, 5.41) is 6.87. The highest BCUT2D eigenvalue weighted by atomic mass is 35.5. The van der Waals surface area contributed by atoms with Gasteiger partial charge in [-0.05, 0) is 30.2 Å². The van der Waals surface area contributed by atoms with E-state index in [1.807, 2.05) is 24.3 Å². The molecule has 0 saturated carbocycles. The van der Waals surface area contributed by atoms with Crippen LogP contribution in [0.15, 0.2) is 42.5 Å². The van der Waals surface area contributed by atoms with Gasteiger partial charge in [0.1, 0.15) is 11.6 Å². The van der Waals surface area contributed by atoms with Crippen molar-refractivity contribution in [1.29, 1.82) is 0 Å². The molecule has 2 aromatic carbocycles. The summed E-state index contributed by atoms with van der Waals surface area (Å²) in [4.78, 5) is 14.8. The lowest BCUT2D eigenvalue weighted by molar-refractivity contribution is -0.125. The zero-order valence-corrected chi connectivity index (χ0v) is 17.6. The van der Waals surface area contributed by atoms with Crippen molar-refractivity contribution in [2.75, 3.05) is 26.8 Å². The van der Waals surface area contributed by atoms with Crippen LogP contribution in [0.4, 0.5) is 8.78 Å². The van der Waals surface area contributed by atoms with Gasteiger partial charge in [0.25, 0.3) is 0 Å². The Morgan fingerprint density at radius 3 is 2.70 bits per heavy atom. The average molecular weight is 438 g/mol. The fourth-order valence-electron chi connectivity index (χ4n) is 3.64. The Balaban J connectivity index is 1.65.